The number of rotatable bonds is 8. The lowest BCUT2D eigenvalue weighted by molar-refractivity contribution is 0.415. The van der Waals surface area contributed by atoms with Crippen LogP contribution in [0.3, 0.4) is 0 Å². The van der Waals surface area contributed by atoms with E-state index in [0.29, 0.717) is 18.2 Å². The fourth-order valence-electron chi connectivity index (χ4n) is 2.79. The number of nitrogens with one attached hydrogen (secondary N) is 3. The minimum atomic E-state index is 0.0259. The summed E-state index contributed by atoms with van der Waals surface area (Å²) in [6, 6.07) is 11.9. The minimum Gasteiger partial charge on any atom is -0.497 e. The van der Waals surface area contributed by atoms with Gasteiger partial charge in [0.2, 0.25) is 0 Å². The van der Waals surface area contributed by atoms with Gasteiger partial charge in [0.15, 0.2) is 11.8 Å². The highest BCUT2D eigenvalue weighted by Crippen LogP contribution is 2.26. The second-order valence-corrected chi connectivity index (χ2v) is 8.19. The maximum Gasteiger partial charge on any atom is 0.191 e. The third-order valence-electron chi connectivity index (χ3n) is 4.50. The lowest BCUT2D eigenvalue weighted by atomic mass is 9.91. The molecule has 7 nitrogen and oxygen atoms in total. The summed E-state index contributed by atoms with van der Waals surface area (Å²) in [5.74, 6) is 2.93. The SMILES string of the molecule is CCNC(=NCc1nc(-c2ccc(OC)cc2)n[nH]1)NCC(C)(C)c1cccs1. The normalized spacial score (nSPS) is 12.1. The van der Waals surface area contributed by atoms with Gasteiger partial charge in [-0.05, 0) is 42.6 Å². The van der Waals surface area contributed by atoms with Crippen LogP contribution in [0.25, 0.3) is 11.4 Å². The summed E-state index contributed by atoms with van der Waals surface area (Å²) in [4.78, 5) is 10.5. The molecular formula is C21H28N6OS. The number of aromatic nitrogens is 3. The Balaban J connectivity index is 1.63. The molecule has 1 aromatic carbocycles. The van der Waals surface area contributed by atoms with E-state index >= 15 is 0 Å². The Hall–Kier alpha value is -2.87. The fourth-order valence-corrected chi connectivity index (χ4v) is 3.64. The van der Waals surface area contributed by atoms with Crippen molar-refractivity contribution in [2.75, 3.05) is 20.2 Å². The Kier molecular flexibility index (Phi) is 6.87. The maximum absolute atomic E-state index is 5.19. The van der Waals surface area contributed by atoms with Crippen molar-refractivity contribution in [3.05, 3.63) is 52.5 Å². The van der Waals surface area contributed by atoms with Crippen LogP contribution in [-0.4, -0.2) is 41.3 Å². The molecule has 0 aliphatic rings. The number of H-pyrrole nitrogens is 1. The summed E-state index contributed by atoms with van der Waals surface area (Å²) in [7, 11) is 1.65. The molecule has 0 amide bonds. The highest BCUT2D eigenvalue weighted by Gasteiger charge is 2.22. The first kappa shape index (κ1) is 20.9. The number of aromatic amines is 1. The van der Waals surface area contributed by atoms with Gasteiger partial charge >= 0.3 is 0 Å². The van der Waals surface area contributed by atoms with Crippen LogP contribution in [0, 0.1) is 0 Å². The summed E-state index contributed by atoms with van der Waals surface area (Å²) >= 11 is 1.78. The maximum atomic E-state index is 5.19. The van der Waals surface area contributed by atoms with Crippen molar-refractivity contribution in [3.8, 4) is 17.1 Å². The zero-order valence-corrected chi connectivity index (χ0v) is 18.1. The summed E-state index contributed by atoms with van der Waals surface area (Å²) in [5, 5.41) is 16.1. The molecule has 0 aliphatic carbocycles. The largest absolute Gasteiger partial charge is 0.497 e. The Bertz CT molecular complexity index is 915. The molecule has 0 bridgehead atoms. The molecule has 2 aromatic heterocycles. The van der Waals surface area contributed by atoms with E-state index in [4.69, 9.17) is 4.74 Å². The fraction of sp³-hybridized carbons (Fsp3) is 0.381. The molecule has 0 atom stereocenters. The van der Waals surface area contributed by atoms with Crippen molar-refractivity contribution in [3.63, 3.8) is 0 Å². The van der Waals surface area contributed by atoms with Gasteiger partial charge in [0, 0.05) is 28.9 Å². The number of nitrogens with zero attached hydrogens (tertiary/aromatic N) is 3. The molecule has 0 saturated heterocycles. The quantitative estimate of drug-likeness (QED) is 0.389. The Morgan fingerprint density at radius 3 is 2.66 bits per heavy atom. The smallest absolute Gasteiger partial charge is 0.191 e. The van der Waals surface area contributed by atoms with Gasteiger partial charge in [-0.2, -0.15) is 5.10 Å². The van der Waals surface area contributed by atoms with E-state index in [2.05, 4.69) is 69.1 Å². The molecule has 3 N–H and O–H groups in total. The highest BCUT2D eigenvalue weighted by molar-refractivity contribution is 7.10. The molecule has 0 fully saturated rings. The predicted octanol–water partition coefficient (Wildman–Crippen LogP) is 3.57. The molecule has 29 heavy (non-hydrogen) atoms. The lowest BCUT2D eigenvalue weighted by Gasteiger charge is -2.25. The van der Waals surface area contributed by atoms with Gasteiger partial charge in [0.05, 0.1) is 7.11 Å². The number of hydrogen-bond donors (Lipinski definition) is 3. The van der Waals surface area contributed by atoms with Crippen molar-refractivity contribution in [2.45, 2.75) is 32.7 Å². The Labute approximate surface area is 175 Å². The number of benzene rings is 1. The summed E-state index contributed by atoms with van der Waals surface area (Å²) in [6.07, 6.45) is 0. The first-order valence-corrected chi connectivity index (χ1v) is 10.5. The molecule has 0 unspecified atom stereocenters. The van der Waals surface area contributed by atoms with E-state index in [0.717, 1.165) is 30.4 Å². The van der Waals surface area contributed by atoms with E-state index < -0.39 is 0 Å². The molecule has 0 saturated carbocycles. The number of aliphatic imine (C=N–C) groups is 1. The summed E-state index contributed by atoms with van der Waals surface area (Å²) in [6.45, 7) is 8.50. The van der Waals surface area contributed by atoms with Crippen LogP contribution < -0.4 is 15.4 Å². The molecule has 8 heteroatoms. The molecule has 0 radical (unpaired) electrons. The van der Waals surface area contributed by atoms with Crippen molar-refractivity contribution >= 4 is 17.3 Å². The van der Waals surface area contributed by atoms with Crippen LogP contribution in [0.15, 0.2) is 46.8 Å². The zero-order chi connectivity index (χ0) is 20.7. The molecule has 154 valence electrons. The number of guanidine groups is 1. The monoisotopic (exact) mass is 412 g/mol. The van der Waals surface area contributed by atoms with Crippen molar-refractivity contribution in [1.29, 1.82) is 0 Å². The first-order valence-electron chi connectivity index (χ1n) is 9.63. The van der Waals surface area contributed by atoms with Gasteiger partial charge in [-0.1, -0.05) is 19.9 Å². The van der Waals surface area contributed by atoms with Crippen LogP contribution in [0.4, 0.5) is 0 Å². The molecule has 3 aromatic rings. The van der Waals surface area contributed by atoms with E-state index in [1.807, 2.05) is 24.3 Å². The van der Waals surface area contributed by atoms with Gasteiger partial charge in [-0.25, -0.2) is 9.98 Å². The van der Waals surface area contributed by atoms with Gasteiger partial charge in [-0.15, -0.1) is 11.3 Å². The number of thiophene rings is 1. The lowest BCUT2D eigenvalue weighted by Crippen LogP contribution is -2.43. The number of hydrogen-bond acceptors (Lipinski definition) is 5. The first-order chi connectivity index (χ1) is 14.0. The van der Waals surface area contributed by atoms with Crippen LogP contribution in [0.5, 0.6) is 5.75 Å². The van der Waals surface area contributed by atoms with Gasteiger partial charge < -0.3 is 15.4 Å². The highest BCUT2D eigenvalue weighted by atomic mass is 32.1. The van der Waals surface area contributed by atoms with Crippen LogP contribution in [-0.2, 0) is 12.0 Å². The zero-order valence-electron chi connectivity index (χ0n) is 17.3. The Morgan fingerprint density at radius 1 is 1.21 bits per heavy atom. The van der Waals surface area contributed by atoms with E-state index in [9.17, 15) is 0 Å². The van der Waals surface area contributed by atoms with Crippen LogP contribution in [0.1, 0.15) is 31.5 Å². The van der Waals surface area contributed by atoms with Gasteiger partial charge in [0.1, 0.15) is 18.1 Å². The van der Waals surface area contributed by atoms with Gasteiger partial charge in [0.25, 0.3) is 0 Å². The summed E-state index contributed by atoms with van der Waals surface area (Å²) in [5.41, 5.74) is 0.956. The van der Waals surface area contributed by atoms with Crippen molar-refractivity contribution in [1.82, 2.24) is 25.8 Å². The average molecular weight is 413 g/mol. The van der Waals surface area contributed by atoms with E-state index in [1.165, 1.54) is 4.88 Å². The molecule has 3 rings (SSSR count). The molecule has 0 aliphatic heterocycles. The average Bonchev–Trinajstić information content (AvgIpc) is 3.43. The van der Waals surface area contributed by atoms with E-state index in [1.54, 1.807) is 18.4 Å². The Morgan fingerprint density at radius 2 is 2.00 bits per heavy atom. The standard InChI is InChI=1S/C21H28N6OS/c1-5-22-20(24-14-21(2,3)17-7-6-12-29-17)23-13-18-25-19(27-26-18)15-8-10-16(28-4)11-9-15/h6-12H,5,13-14H2,1-4H3,(H2,22,23,24)(H,25,26,27). The topological polar surface area (TPSA) is 87.2 Å². The van der Waals surface area contributed by atoms with Gasteiger partial charge in [-0.3, -0.25) is 5.10 Å². The predicted molar refractivity (Wildman–Crippen MR) is 119 cm³/mol. The molecule has 2 heterocycles. The van der Waals surface area contributed by atoms with Crippen LogP contribution >= 0.6 is 11.3 Å². The number of methoxy groups -OCH3 is 1. The number of ether oxygens (including phenoxy) is 1. The third-order valence-corrected chi connectivity index (χ3v) is 5.73. The van der Waals surface area contributed by atoms with Crippen molar-refractivity contribution < 1.29 is 4.74 Å². The second-order valence-electron chi connectivity index (χ2n) is 7.24. The molecular weight excluding hydrogens is 384 g/mol. The second kappa shape index (κ2) is 9.56. The summed E-state index contributed by atoms with van der Waals surface area (Å²) < 4.78 is 5.19. The minimum absolute atomic E-state index is 0.0259. The van der Waals surface area contributed by atoms with Crippen LogP contribution in [0.2, 0.25) is 0 Å². The van der Waals surface area contributed by atoms with E-state index in [-0.39, 0.29) is 5.41 Å². The third kappa shape index (κ3) is 5.57. The van der Waals surface area contributed by atoms with Crippen molar-refractivity contribution in [2.24, 2.45) is 4.99 Å². The molecule has 0 spiro atoms.